The van der Waals surface area contributed by atoms with Gasteiger partial charge in [0.05, 0.1) is 22.8 Å². The third-order valence-corrected chi connectivity index (χ3v) is 6.13. The number of nitriles is 1. The number of rotatable bonds is 4. The zero-order valence-electron chi connectivity index (χ0n) is 14.5. The van der Waals surface area contributed by atoms with Crippen LogP contribution in [-0.2, 0) is 11.8 Å². The zero-order valence-corrected chi connectivity index (χ0v) is 16.1. The van der Waals surface area contributed by atoms with Crippen LogP contribution < -0.4 is 10.9 Å². The van der Waals surface area contributed by atoms with Crippen LogP contribution in [0, 0.1) is 25.2 Å². The molecular formula is C18H16N4O2S2. The summed E-state index contributed by atoms with van der Waals surface area (Å²) in [5.74, 6) is -0.0672. The van der Waals surface area contributed by atoms with Crippen LogP contribution in [0.2, 0.25) is 0 Å². The summed E-state index contributed by atoms with van der Waals surface area (Å²) < 4.78 is 1.49. The quantitative estimate of drug-likeness (QED) is 0.551. The molecule has 0 unspecified atom stereocenters. The molecule has 0 saturated heterocycles. The van der Waals surface area contributed by atoms with E-state index in [9.17, 15) is 9.59 Å². The molecule has 0 aliphatic carbocycles. The molecule has 0 fully saturated rings. The first-order valence-electron chi connectivity index (χ1n) is 7.80. The number of anilines is 1. The Labute approximate surface area is 158 Å². The van der Waals surface area contributed by atoms with E-state index in [1.54, 1.807) is 31.3 Å². The number of thiophene rings is 1. The van der Waals surface area contributed by atoms with E-state index in [4.69, 9.17) is 5.26 Å². The van der Waals surface area contributed by atoms with Gasteiger partial charge in [0.15, 0.2) is 5.16 Å². The first kappa shape index (κ1) is 18.2. The van der Waals surface area contributed by atoms with Crippen LogP contribution in [0.1, 0.15) is 16.0 Å². The third-order valence-electron chi connectivity index (χ3n) is 4.00. The standard InChI is InChI=1S/C18H16N4O2S2/c1-10-11(2)26-16-15(10)17(24)22(3)18(21-16)25-9-14(23)20-13-6-4-12(8-19)5-7-13/h4-7H,9H2,1-3H3,(H,20,23). The van der Waals surface area contributed by atoms with Crippen LogP contribution in [0.4, 0.5) is 5.69 Å². The molecule has 132 valence electrons. The summed E-state index contributed by atoms with van der Waals surface area (Å²) in [4.78, 5) is 31.0. The van der Waals surface area contributed by atoms with Crippen molar-refractivity contribution in [2.45, 2.75) is 19.0 Å². The molecule has 2 heterocycles. The van der Waals surface area contributed by atoms with Crippen molar-refractivity contribution in [3.05, 3.63) is 50.6 Å². The molecular weight excluding hydrogens is 368 g/mol. The molecule has 0 spiro atoms. The lowest BCUT2D eigenvalue weighted by Gasteiger charge is -2.08. The lowest BCUT2D eigenvalue weighted by atomic mass is 10.2. The highest BCUT2D eigenvalue weighted by atomic mass is 32.2. The van der Waals surface area contributed by atoms with Gasteiger partial charge in [-0.25, -0.2) is 4.98 Å². The van der Waals surface area contributed by atoms with Crippen LogP contribution in [0.25, 0.3) is 10.2 Å². The maximum atomic E-state index is 12.6. The van der Waals surface area contributed by atoms with Crippen molar-refractivity contribution in [1.29, 1.82) is 5.26 Å². The van der Waals surface area contributed by atoms with Crippen LogP contribution >= 0.6 is 23.1 Å². The van der Waals surface area contributed by atoms with Gasteiger partial charge >= 0.3 is 0 Å². The lowest BCUT2D eigenvalue weighted by molar-refractivity contribution is -0.113. The van der Waals surface area contributed by atoms with Crippen molar-refractivity contribution >= 4 is 44.9 Å². The summed E-state index contributed by atoms with van der Waals surface area (Å²) in [6, 6.07) is 8.67. The molecule has 26 heavy (non-hydrogen) atoms. The fourth-order valence-electron chi connectivity index (χ4n) is 2.44. The monoisotopic (exact) mass is 384 g/mol. The number of hydrogen-bond donors (Lipinski definition) is 1. The number of carbonyl (C=O) groups excluding carboxylic acids is 1. The number of aromatic nitrogens is 2. The van der Waals surface area contributed by atoms with Gasteiger partial charge in [-0.05, 0) is 43.7 Å². The van der Waals surface area contributed by atoms with E-state index in [1.165, 1.54) is 27.7 Å². The van der Waals surface area contributed by atoms with Crippen LogP contribution in [0.5, 0.6) is 0 Å². The van der Waals surface area contributed by atoms with Gasteiger partial charge in [-0.15, -0.1) is 11.3 Å². The molecule has 6 nitrogen and oxygen atoms in total. The summed E-state index contributed by atoms with van der Waals surface area (Å²) in [5.41, 5.74) is 2.03. The number of amides is 1. The molecule has 0 bridgehead atoms. The van der Waals surface area contributed by atoms with Gasteiger partial charge in [0.1, 0.15) is 4.83 Å². The smallest absolute Gasteiger partial charge is 0.262 e. The van der Waals surface area contributed by atoms with E-state index in [0.29, 0.717) is 26.6 Å². The van der Waals surface area contributed by atoms with Crippen molar-refractivity contribution in [3.8, 4) is 6.07 Å². The molecule has 0 saturated carbocycles. The Morgan fingerprint density at radius 2 is 2.04 bits per heavy atom. The predicted molar refractivity (Wildman–Crippen MR) is 105 cm³/mol. The van der Waals surface area contributed by atoms with Gasteiger partial charge in [-0.3, -0.25) is 14.2 Å². The second kappa shape index (κ2) is 7.32. The van der Waals surface area contributed by atoms with Crippen molar-refractivity contribution < 1.29 is 4.79 Å². The van der Waals surface area contributed by atoms with Gasteiger partial charge in [0.25, 0.3) is 5.56 Å². The maximum absolute atomic E-state index is 12.6. The minimum Gasteiger partial charge on any atom is -0.325 e. The highest BCUT2D eigenvalue weighted by molar-refractivity contribution is 7.99. The third kappa shape index (κ3) is 3.49. The topological polar surface area (TPSA) is 87.8 Å². The maximum Gasteiger partial charge on any atom is 0.262 e. The number of aryl methyl sites for hydroxylation is 2. The zero-order chi connectivity index (χ0) is 18.8. The summed E-state index contributed by atoms with van der Waals surface area (Å²) in [7, 11) is 1.67. The molecule has 0 atom stereocenters. The number of nitrogens with zero attached hydrogens (tertiary/aromatic N) is 3. The van der Waals surface area contributed by atoms with Gasteiger partial charge < -0.3 is 5.32 Å². The Hall–Kier alpha value is -2.63. The number of hydrogen-bond acceptors (Lipinski definition) is 6. The molecule has 2 aromatic heterocycles. The predicted octanol–water partition coefficient (Wildman–Crippen LogP) is 3.21. The Balaban J connectivity index is 1.74. The highest BCUT2D eigenvalue weighted by Crippen LogP contribution is 2.28. The summed E-state index contributed by atoms with van der Waals surface area (Å²) >= 11 is 2.71. The molecule has 3 rings (SSSR count). The average molecular weight is 384 g/mol. The van der Waals surface area contributed by atoms with E-state index < -0.39 is 0 Å². The van der Waals surface area contributed by atoms with Gasteiger partial charge in [0, 0.05) is 17.6 Å². The fraction of sp³-hybridized carbons (Fsp3) is 0.222. The molecule has 3 aromatic rings. The molecule has 1 aromatic carbocycles. The molecule has 0 aliphatic rings. The number of benzene rings is 1. The molecule has 0 radical (unpaired) electrons. The van der Waals surface area contributed by atoms with Crippen molar-refractivity contribution in [3.63, 3.8) is 0 Å². The van der Waals surface area contributed by atoms with Crippen molar-refractivity contribution in [2.24, 2.45) is 7.05 Å². The van der Waals surface area contributed by atoms with Crippen LogP contribution in [0.3, 0.4) is 0 Å². The number of nitrogens with one attached hydrogen (secondary N) is 1. The number of fused-ring (bicyclic) bond motifs is 1. The van der Waals surface area contributed by atoms with Crippen LogP contribution in [0.15, 0.2) is 34.2 Å². The van der Waals surface area contributed by atoms with Gasteiger partial charge in [-0.1, -0.05) is 11.8 Å². The van der Waals surface area contributed by atoms with Gasteiger partial charge in [0.2, 0.25) is 5.91 Å². The Bertz CT molecular complexity index is 1090. The Morgan fingerprint density at radius 3 is 2.69 bits per heavy atom. The van der Waals surface area contributed by atoms with Gasteiger partial charge in [-0.2, -0.15) is 5.26 Å². The first-order valence-corrected chi connectivity index (χ1v) is 9.60. The highest BCUT2D eigenvalue weighted by Gasteiger charge is 2.15. The number of carbonyl (C=O) groups is 1. The van der Waals surface area contributed by atoms with E-state index in [2.05, 4.69) is 10.3 Å². The fourth-order valence-corrected chi connectivity index (χ4v) is 4.28. The Kier molecular flexibility index (Phi) is 5.11. The SMILES string of the molecule is Cc1sc2nc(SCC(=O)Nc3ccc(C#N)cc3)n(C)c(=O)c2c1C. The molecule has 0 aliphatic heterocycles. The van der Waals surface area contributed by atoms with E-state index in [1.807, 2.05) is 19.9 Å². The van der Waals surface area contributed by atoms with E-state index in [0.717, 1.165) is 10.4 Å². The second-order valence-electron chi connectivity index (χ2n) is 5.75. The lowest BCUT2D eigenvalue weighted by Crippen LogP contribution is -2.21. The minimum absolute atomic E-state index is 0.0909. The molecule has 8 heteroatoms. The first-order chi connectivity index (χ1) is 12.4. The number of thioether (sulfide) groups is 1. The van der Waals surface area contributed by atoms with E-state index >= 15 is 0 Å². The summed E-state index contributed by atoms with van der Waals surface area (Å²) in [6.45, 7) is 3.90. The minimum atomic E-state index is -0.201. The van der Waals surface area contributed by atoms with Crippen molar-refractivity contribution in [2.75, 3.05) is 11.1 Å². The van der Waals surface area contributed by atoms with Crippen molar-refractivity contribution in [1.82, 2.24) is 9.55 Å². The molecule has 1 N–H and O–H groups in total. The second-order valence-corrected chi connectivity index (χ2v) is 7.89. The molecule has 1 amide bonds. The summed E-state index contributed by atoms with van der Waals surface area (Å²) in [5, 5.41) is 12.7. The Morgan fingerprint density at radius 1 is 1.35 bits per heavy atom. The normalized spacial score (nSPS) is 10.7. The van der Waals surface area contributed by atoms with Crippen LogP contribution in [-0.4, -0.2) is 21.2 Å². The summed E-state index contributed by atoms with van der Waals surface area (Å²) in [6.07, 6.45) is 0. The average Bonchev–Trinajstić information content (AvgIpc) is 2.91. The largest absolute Gasteiger partial charge is 0.325 e. The van der Waals surface area contributed by atoms with E-state index in [-0.39, 0.29) is 17.2 Å².